The summed E-state index contributed by atoms with van der Waals surface area (Å²) < 4.78 is 39.3. The van der Waals surface area contributed by atoms with Gasteiger partial charge in [0.2, 0.25) is 17.7 Å². The molecule has 4 amide bonds. The molecular formula is C43H55N3O8SSi. The molecule has 2 aliphatic rings. The molecule has 2 heterocycles. The van der Waals surface area contributed by atoms with E-state index >= 15 is 0 Å². The molecular weight excluding hydrogens is 747 g/mol. The molecule has 3 aromatic rings. The van der Waals surface area contributed by atoms with Gasteiger partial charge in [-0.25, -0.2) is 18.1 Å². The summed E-state index contributed by atoms with van der Waals surface area (Å²) in [6.07, 6.45) is 0.523. The van der Waals surface area contributed by atoms with E-state index in [1.165, 1.54) is 15.9 Å². The van der Waals surface area contributed by atoms with Crippen molar-refractivity contribution in [3.63, 3.8) is 0 Å². The minimum absolute atomic E-state index is 0.0214. The van der Waals surface area contributed by atoms with Crippen LogP contribution in [0.4, 0.5) is 4.79 Å². The van der Waals surface area contributed by atoms with Crippen molar-refractivity contribution in [3.05, 3.63) is 108 Å². The van der Waals surface area contributed by atoms with Crippen LogP contribution in [-0.2, 0) is 39.9 Å². The highest BCUT2D eigenvalue weighted by Crippen LogP contribution is 2.38. The van der Waals surface area contributed by atoms with E-state index in [-0.39, 0.29) is 43.9 Å². The zero-order chi connectivity index (χ0) is 41.1. The lowest BCUT2D eigenvalue weighted by Gasteiger charge is -2.44. The van der Waals surface area contributed by atoms with E-state index in [1.807, 2.05) is 66.7 Å². The molecule has 1 saturated heterocycles. The largest absolute Gasteiger partial charge is 0.443 e. The van der Waals surface area contributed by atoms with Gasteiger partial charge >= 0.3 is 6.09 Å². The van der Waals surface area contributed by atoms with E-state index in [9.17, 15) is 27.6 Å². The number of sulfone groups is 1. The van der Waals surface area contributed by atoms with Crippen LogP contribution in [0.15, 0.2) is 103 Å². The predicted octanol–water partition coefficient (Wildman–Crippen LogP) is 4.95. The molecule has 0 bridgehead atoms. The highest BCUT2D eigenvalue weighted by molar-refractivity contribution is 7.92. The smallest absolute Gasteiger partial charge is 0.417 e. The Labute approximate surface area is 332 Å². The van der Waals surface area contributed by atoms with Gasteiger partial charge in [0, 0.05) is 32.8 Å². The maximum Gasteiger partial charge on any atom is 0.417 e. The molecule has 0 saturated carbocycles. The quantitative estimate of drug-likeness (QED) is 0.186. The van der Waals surface area contributed by atoms with Crippen molar-refractivity contribution in [1.29, 1.82) is 0 Å². The summed E-state index contributed by atoms with van der Waals surface area (Å²) in [6.45, 7) is 11.5. The summed E-state index contributed by atoms with van der Waals surface area (Å²) in [5.74, 6) is -3.18. The van der Waals surface area contributed by atoms with E-state index in [0.29, 0.717) is 0 Å². The molecule has 0 spiro atoms. The number of imide groups is 1. The van der Waals surface area contributed by atoms with Crippen LogP contribution in [0.3, 0.4) is 0 Å². The zero-order valence-electron chi connectivity index (χ0n) is 33.7. The van der Waals surface area contributed by atoms with Gasteiger partial charge in [0.15, 0.2) is 9.84 Å². The average Bonchev–Trinajstić information content (AvgIpc) is 3.63. The first-order chi connectivity index (χ1) is 26.3. The first kappa shape index (κ1) is 42.5. The SMILES string of the molecule is CN(C)C(=O)C1=CCS(=O)(=O)C1CCN(Cc1ccccc1)C(=O)C1C[C@@H](CO[Si](c2ccccc2)(c2ccccc2)C(C)(C)C)N(C(=O)OC(C)(C)C)C1=O. The summed E-state index contributed by atoms with van der Waals surface area (Å²) in [5.41, 5.74) is 0.0245. The molecule has 0 aromatic heterocycles. The van der Waals surface area contributed by atoms with Crippen LogP contribution in [0.1, 0.15) is 59.9 Å². The van der Waals surface area contributed by atoms with Gasteiger partial charge in [-0.05, 0) is 54.6 Å². The number of hydrogen-bond donors (Lipinski definition) is 0. The Morgan fingerprint density at radius 2 is 1.38 bits per heavy atom. The summed E-state index contributed by atoms with van der Waals surface area (Å²) in [5, 5.41) is 0.556. The Morgan fingerprint density at radius 1 is 0.839 bits per heavy atom. The van der Waals surface area contributed by atoms with E-state index in [4.69, 9.17) is 9.16 Å². The van der Waals surface area contributed by atoms with Crippen LogP contribution in [0.25, 0.3) is 0 Å². The molecule has 13 heteroatoms. The molecule has 3 atom stereocenters. The molecule has 0 N–H and O–H groups in total. The number of carbonyl (C=O) groups excluding carboxylic acids is 4. The summed E-state index contributed by atoms with van der Waals surface area (Å²) in [6, 6.07) is 28.4. The number of amides is 4. The van der Waals surface area contributed by atoms with Crippen molar-refractivity contribution in [2.45, 2.75) is 82.9 Å². The number of likely N-dealkylation sites (tertiary alicyclic amines) is 1. The summed E-state index contributed by atoms with van der Waals surface area (Å²) in [7, 11) is -3.68. The summed E-state index contributed by atoms with van der Waals surface area (Å²) >= 11 is 0. The average molecular weight is 802 g/mol. The molecule has 2 aliphatic heterocycles. The van der Waals surface area contributed by atoms with E-state index in [0.717, 1.165) is 20.8 Å². The molecule has 2 unspecified atom stereocenters. The van der Waals surface area contributed by atoms with Crippen molar-refractivity contribution in [2.24, 2.45) is 5.92 Å². The maximum atomic E-state index is 14.7. The highest BCUT2D eigenvalue weighted by Gasteiger charge is 2.54. The maximum absolute atomic E-state index is 14.7. The molecule has 0 radical (unpaired) electrons. The van der Waals surface area contributed by atoms with Crippen LogP contribution in [0, 0.1) is 5.92 Å². The fourth-order valence-corrected chi connectivity index (χ4v) is 14.0. The van der Waals surface area contributed by atoms with Gasteiger partial charge < -0.3 is 19.0 Å². The van der Waals surface area contributed by atoms with E-state index < -0.39 is 69.8 Å². The number of nitrogens with zero attached hydrogens (tertiary/aromatic N) is 3. The van der Waals surface area contributed by atoms with Gasteiger partial charge in [0.1, 0.15) is 11.5 Å². The molecule has 300 valence electrons. The van der Waals surface area contributed by atoms with Gasteiger partial charge in [0.05, 0.1) is 23.7 Å². The second-order valence-electron chi connectivity index (χ2n) is 16.8. The first-order valence-corrected chi connectivity index (χ1v) is 22.7. The predicted molar refractivity (Wildman–Crippen MR) is 219 cm³/mol. The molecule has 5 rings (SSSR count). The first-order valence-electron chi connectivity index (χ1n) is 19.0. The molecule has 0 aliphatic carbocycles. The van der Waals surface area contributed by atoms with Crippen molar-refractivity contribution in [2.75, 3.05) is 33.0 Å². The Kier molecular flexibility index (Phi) is 12.8. The van der Waals surface area contributed by atoms with Crippen LogP contribution < -0.4 is 10.4 Å². The van der Waals surface area contributed by atoms with Gasteiger partial charge in [-0.1, -0.05) is 118 Å². The van der Waals surface area contributed by atoms with Crippen LogP contribution in [0.5, 0.6) is 0 Å². The Hall–Kier alpha value is -4.59. The fraction of sp³-hybridized carbons (Fsp3) is 0.442. The zero-order valence-corrected chi connectivity index (χ0v) is 35.5. The molecule has 3 aromatic carbocycles. The third-order valence-electron chi connectivity index (χ3n) is 10.4. The highest BCUT2D eigenvalue weighted by atomic mass is 32.2. The second-order valence-corrected chi connectivity index (χ2v) is 23.4. The number of hydrogen-bond acceptors (Lipinski definition) is 8. The summed E-state index contributed by atoms with van der Waals surface area (Å²) in [4.78, 5) is 59.9. The Morgan fingerprint density at radius 3 is 1.88 bits per heavy atom. The van der Waals surface area contributed by atoms with Crippen LogP contribution >= 0.6 is 0 Å². The number of benzene rings is 3. The van der Waals surface area contributed by atoms with Crippen molar-refractivity contribution in [3.8, 4) is 0 Å². The third-order valence-corrected chi connectivity index (χ3v) is 17.4. The lowest BCUT2D eigenvalue weighted by Crippen LogP contribution is -2.67. The van der Waals surface area contributed by atoms with Gasteiger partial charge in [-0.2, -0.15) is 0 Å². The molecule has 11 nitrogen and oxygen atoms in total. The van der Waals surface area contributed by atoms with Crippen molar-refractivity contribution >= 4 is 52.3 Å². The van der Waals surface area contributed by atoms with Gasteiger partial charge in [-0.15, -0.1) is 0 Å². The van der Waals surface area contributed by atoms with Crippen LogP contribution in [0.2, 0.25) is 5.04 Å². The lowest BCUT2D eigenvalue weighted by atomic mass is 10.0. The molecule has 56 heavy (non-hydrogen) atoms. The van der Waals surface area contributed by atoms with Gasteiger partial charge in [0.25, 0.3) is 8.32 Å². The third kappa shape index (κ3) is 9.16. The Balaban J connectivity index is 1.50. The minimum atomic E-state index is -3.69. The monoisotopic (exact) mass is 801 g/mol. The van der Waals surface area contributed by atoms with Crippen molar-refractivity contribution < 1.29 is 36.8 Å². The lowest BCUT2D eigenvalue weighted by molar-refractivity contribution is -0.143. The minimum Gasteiger partial charge on any atom is -0.443 e. The number of rotatable bonds is 12. The topological polar surface area (TPSA) is 131 Å². The second kappa shape index (κ2) is 16.9. The number of carbonyl (C=O) groups is 4. The van der Waals surface area contributed by atoms with E-state index in [1.54, 1.807) is 34.9 Å². The number of likely N-dealkylation sites (N-methyl/N-ethyl adjacent to an activating group) is 1. The van der Waals surface area contributed by atoms with E-state index in [2.05, 4.69) is 45.0 Å². The normalized spacial score (nSPS) is 19.7. The van der Waals surface area contributed by atoms with Crippen molar-refractivity contribution in [1.82, 2.24) is 14.7 Å². The fourth-order valence-electron chi connectivity index (χ4n) is 7.74. The standard InChI is InChI=1S/C43H55N3O8SSi/c1-42(2,3)54-41(50)46-32(30-53-56(43(4,5)6,33-20-14-10-15-21-33)34-22-16-11-17-23-34)28-36(40(46)49)39(48)45(29-31-18-12-9-13-19-31)26-24-37-35(38(47)44(7)8)25-27-55(37,51)52/h9-23,25,32,36-37H,24,26-30H2,1-8H3/t32-,36?,37?/m0/s1. The number of ether oxygens (including phenoxy) is 1. The van der Waals surface area contributed by atoms with Crippen LogP contribution in [-0.4, -0.2) is 105 Å². The molecule has 1 fully saturated rings. The van der Waals surface area contributed by atoms with Gasteiger partial charge in [-0.3, -0.25) is 14.4 Å². The Bertz CT molecular complexity index is 1990.